The number of nitrogens with zero attached hydrogens (tertiary/aromatic N) is 2. The Kier molecular flexibility index (Phi) is 5.85. The van der Waals surface area contributed by atoms with Gasteiger partial charge in [0.15, 0.2) is 0 Å². The van der Waals surface area contributed by atoms with E-state index in [2.05, 4.69) is 10.2 Å². The summed E-state index contributed by atoms with van der Waals surface area (Å²) in [6.07, 6.45) is 7.78. The van der Waals surface area contributed by atoms with Gasteiger partial charge in [-0.15, -0.1) is 0 Å². The Morgan fingerprint density at radius 2 is 1.76 bits per heavy atom. The van der Waals surface area contributed by atoms with Crippen LogP contribution in [0, 0.1) is 0 Å². The molecule has 6 heteroatoms. The summed E-state index contributed by atoms with van der Waals surface area (Å²) < 4.78 is 0. The van der Waals surface area contributed by atoms with Gasteiger partial charge in [-0.2, -0.15) is 0 Å². The van der Waals surface area contributed by atoms with Gasteiger partial charge in [0.05, 0.1) is 6.54 Å². The maximum absolute atomic E-state index is 12.3. The Hall–Kier alpha value is -1.30. The zero-order valence-electron chi connectivity index (χ0n) is 13.0. The molecule has 2 aliphatic rings. The zero-order valence-corrected chi connectivity index (χ0v) is 13.0. The van der Waals surface area contributed by atoms with Gasteiger partial charge in [0, 0.05) is 32.2 Å². The molecule has 0 aromatic carbocycles. The molecule has 0 aromatic rings. The summed E-state index contributed by atoms with van der Waals surface area (Å²) in [7, 11) is 1.91. The first kappa shape index (κ1) is 16.1. The molecule has 0 bridgehead atoms. The standard InChI is InChI=1S/C15H28N4O2/c1-18(13-5-3-2-4-6-13)15(21)17-12-7-9-19(10-8-12)11-14(16)20/h12-13H,2-11H2,1H3,(H2,16,20)(H,17,21). The van der Waals surface area contributed by atoms with Crippen LogP contribution in [0.3, 0.4) is 0 Å². The normalized spacial score (nSPS) is 22.0. The topological polar surface area (TPSA) is 78.7 Å². The Balaban J connectivity index is 1.72. The van der Waals surface area contributed by atoms with E-state index < -0.39 is 0 Å². The predicted octanol–water partition coefficient (Wildman–Crippen LogP) is 0.910. The van der Waals surface area contributed by atoms with Crippen LogP contribution in [0.25, 0.3) is 0 Å². The number of piperidine rings is 1. The van der Waals surface area contributed by atoms with Crippen molar-refractivity contribution in [2.45, 2.75) is 57.0 Å². The fraction of sp³-hybridized carbons (Fsp3) is 0.867. The molecule has 1 aliphatic carbocycles. The number of nitrogens with two attached hydrogens (primary N) is 1. The van der Waals surface area contributed by atoms with E-state index in [4.69, 9.17) is 5.73 Å². The number of likely N-dealkylation sites (tertiary alicyclic amines) is 1. The summed E-state index contributed by atoms with van der Waals surface area (Å²) in [6.45, 7) is 1.96. The molecular weight excluding hydrogens is 268 g/mol. The van der Waals surface area contributed by atoms with Crippen molar-refractivity contribution in [2.75, 3.05) is 26.7 Å². The minimum atomic E-state index is -0.283. The van der Waals surface area contributed by atoms with Gasteiger partial charge in [-0.3, -0.25) is 9.69 Å². The van der Waals surface area contributed by atoms with Crippen LogP contribution >= 0.6 is 0 Å². The molecule has 0 spiro atoms. The number of hydrogen-bond acceptors (Lipinski definition) is 3. The Labute approximate surface area is 127 Å². The van der Waals surface area contributed by atoms with Gasteiger partial charge in [-0.05, 0) is 25.7 Å². The van der Waals surface area contributed by atoms with Gasteiger partial charge in [0.2, 0.25) is 5.91 Å². The van der Waals surface area contributed by atoms with Crippen LogP contribution in [0.4, 0.5) is 4.79 Å². The molecule has 2 rings (SSSR count). The van der Waals surface area contributed by atoms with E-state index in [0.717, 1.165) is 38.8 Å². The lowest BCUT2D eigenvalue weighted by Gasteiger charge is -2.35. The first-order valence-electron chi connectivity index (χ1n) is 8.10. The van der Waals surface area contributed by atoms with E-state index >= 15 is 0 Å². The molecular formula is C15H28N4O2. The molecule has 1 saturated heterocycles. The van der Waals surface area contributed by atoms with Crippen molar-refractivity contribution in [2.24, 2.45) is 5.73 Å². The van der Waals surface area contributed by atoms with E-state index in [-0.39, 0.29) is 18.0 Å². The fourth-order valence-electron chi connectivity index (χ4n) is 3.37. The summed E-state index contributed by atoms with van der Waals surface area (Å²) >= 11 is 0. The van der Waals surface area contributed by atoms with E-state index in [1.54, 1.807) is 0 Å². The molecule has 0 aromatic heterocycles. The molecule has 0 atom stereocenters. The van der Waals surface area contributed by atoms with Crippen LogP contribution in [-0.4, -0.2) is 60.5 Å². The maximum atomic E-state index is 12.3. The number of nitrogens with one attached hydrogen (secondary N) is 1. The van der Waals surface area contributed by atoms with Gasteiger partial charge in [-0.25, -0.2) is 4.79 Å². The maximum Gasteiger partial charge on any atom is 0.317 e. The molecule has 1 saturated carbocycles. The van der Waals surface area contributed by atoms with Crippen LogP contribution in [-0.2, 0) is 4.79 Å². The number of carbonyl (C=O) groups is 2. The van der Waals surface area contributed by atoms with Crippen LogP contribution in [0.15, 0.2) is 0 Å². The Morgan fingerprint density at radius 1 is 1.14 bits per heavy atom. The third-order valence-corrected chi connectivity index (χ3v) is 4.74. The summed E-state index contributed by atoms with van der Waals surface area (Å²) in [6, 6.07) is 0.664. The molecule has 3 amide bonds. The van der Waals surface area contributed by atoms with E-state index in [0.29, 0.717) is 12.6 Å². The van der Waals surface area contributed by atoms with Gasteiger partial charge >= 0.3 is 6.03 Å². The molecule has 0 radical (unpaired) electrons. The summed E-state index contributed by atoms with van der Waals surface area (Å²) in [5.41, 5.74) is 5.20. The minimum absolute atomic E-state index is 0.0512. The van der Waals surface area contributed by atoms with Crippen molar-refractivity contribution in [1.82, 2.24) is 15.1 Å². The van der Waals surface area contributed by atoms with E-state index in [9.17, 15) is 9.59 Å². The highest BCUT2D eigenvalue weighted by Crippen LogP contribution is 2.21. The molecule has 1 heterocycles. The largest absolute Gasteiger partial charge is 0.369 e. The van der Waals surface area contributed by atoms with Crippen LogP contribution < -0.4 is 11.1 Å². The summed E-state index contributed by atoms with van der Waals surface area (Å²) in [5.74, 6) is -0.283. The third kappa shape index (κ3) is 4.88. The second kappa shape index (κ2) is 7.64. The zero-order chi connectivity index (χ0) is 15.2. The van der Waals surface area contributed by atoms with Crippen molar-refractivity contribution in [3.63, 3.8) is 0 Å². The first-order valence-corrected chi connectivity index (χ1v) is 8.10. The summed E-state index contributed by atoms with van der Waals surface area (Å²) in [5, 5.41) is 3.13. The molecule has 21 heavy (non-hydrogen) atoms. The van der Waals surface area contributed by atoms with E-state index in [1.807, 2.05) is 11.9 Å². The molecule has 2 fully saturated rings. The number of primary amides is 1. The van der Waals surface area contributed by atoms with Crippen molar-refractivity contribution in [3.8, 4) is 0 Å². The Morgan fingerprint density at radius 3 is 2.33 bits per heavy atom. The van der Waals surface area contributed by atoms with Gasteiger partial charge < -0.3 is 16.0 Å². The molecule has 6 nitrogen and oxygen atoms in total. The van der Waals surface area contributed by atoms with E-state index in [1.165, 1.54) is 19.3 Å². The lowest BCUT2D eigenvalue weighted by Crippen LogP contribution is -2.51. The van der Waals surface area contributed by atoms with Crippen molar-refractivity contribution in [3.05, 3.63) is 0 Å². The van der Waals surface area contributed by atoms with Crippen LogP contribution in [0.2, 0.25) is 0 Å². The molecule has 1 aliphatic heterocycles. The van der Waals surface area contributed by atoms with Crippen molar-refractivity contribution < 1.29 is 9.59 Å². The quantitative estimate of drug-likeness (QED) is 0.809. The second-order valence-corrected chi connectivity index (χ2v) is 6.37. The van der Waals surface area contributed by atoms with Crippen molar-refractivity contribution in [1.29, 1.82) is 0 Å². The predicted molar refractivity (Wildman–Crippen MR) is 81.8 cm³/mol. The lowest BCUT2D eigenvalue weighted by molar-refractivity contribution is -0.119. The number of rotatable bonds is 4. The van der Waals surface area contributed by atoms with Crippen LogP contribution in [0.1, 0.15) is 44.9 Å². The Bertz CT molecular complexity index is 361. The minimum Gasteiger partial charge on any atom is -0.369 e. The second-order valence-electron chi connectivity index (χ2n) is 6.37. The van der Waals surface area contributed by atoms with Crippen LogP contribution in [0.5, 0.6) is 0 Å². The first-order chi connectivity index (χ1) is 10.1. The SMILES string of the molecule is CN(C(=O)NC1CCN(CC(N)=O)CC1)C1CCCCC1. The monoisotopic (exact) mass is 296 g/mol. The average Bonchev–Trinajstić information content (AvgIpc) is 2.49. The van der Waals surface area contributed by atoms with Gasteiger partial charge in [0.1, 0.15) is 0 Å². The van der Waals surface area contributed by atoms with Gasteiger partial charge in [-0.1, -0.05) is 19.3 Å². The number of hydrogen-bond donors (Lipinski definition) is 2. The number of urea groups is 1. The smallest absolute Gasteiger partial charge is 0.317 e. The number of amides is 3. The molecule has 0 unspecified atom stereocenters. The summed E-state index contributed by atoms with van der Waals surface area (Å²) in [4.78, 5) is 27.1. The highest BCUT2D eigenvalue weighted by Gasteiger charge is 2.26. The third-order valence-electron chi connectivity index (χ3n) is 4.74. The highest BCUT2D eigenvalue weighted by atomic mass is 16.2. The highest BCUT2D eigenvalue weighted by molar-refractivity contribution is 5.76. The van der Waals surface area contributed by atoms with Crippen molar-refractivity contribution >= 4 is 11.9 Å². The molecule has 3 N–H and O–H groups in total. The number of carbonyl (C=O) groups excluding carboxylic acids is 2. The van der Waals surface area contributed by atoms with Gasteiger partial charge in [0.25, 0.3) is 0 Å². The average molecular weight is 296 g/mol. The lowest BCUT2D eigenvalue weighted by atomic mass is 9.95. The fourth-order valence-corrected chi connectivity index (χ4v) is 3.37. The molecule has 120 valence electrons.